The summed E-state index contributed by atoms with van der Waals surface area (Å²) in [5.41, 5.74) is 0.442. The summed E-state index contributed by atoms with van der Waals surface area (Å²) in [6.45, 7) is 2.35. The molecule has 1 rings (SSSR count). The van der Waals surface area contributed by atoms with Crippen molar-refractivity contribution in [3.63, 3.8) is 0 Å². The van der Waals surface area contributed by atoms with Crippen LogP contribution in [-0.4, -0.2) is 37.6 Å². The maximum Gasteiger partial charge on any atom is 0.255 e. The number of methoxy groups -OCH3 is 1. The zero-order valence-corrected chi connectivity index (χ0v) is 11.6. The molecule has 0 bridgehead atoms. The lowest BCUT2D eigenvalue weighted by atomic mass is 10.2. The molecule has 0 aliphatic rings. The highest BCUT2D eigenvalue weighted by Gasteiger charge is 2.19. The highest BCUT2D eigenvalue weighted by Crippen LogP contribution is 2.20. The second-order valence-electron chi connectivity index (χ2n) is 3.84. The Bertz CT molecular complexity index is 411. The third-order valence-corrected chi connectivity index (χ3v) is 3.21. The number of rotatable bonds is 4. The van der Waals surface area contributed by atoms with Gasteiger partial charge in [0.1, 0.15) is 5.82 Å². The molecule has 0 saturated carbocycles. The minimum Gasteiger partial charge on any atom is -0.383 e. The third-order valence-electron chi connectivity index (χ3n) is 2.55. The van der Waals surface area contributed by atoms with Crippen molar-refractivity contribution in [1.29, 1.82) is 0 Å². The molecule has 3 nitrogen and oxygen atoms in total. The minimum absolute atomic E-state index is 0.0375. The summed E-state index contributed by atoms with van der Waals surface area (Å²) in [7, 11) is 3.28. The van der Waals surface area contributed by atoms with Gasteiger partial charge in [-0.1, -0.05) is 0 Å². The van der Waals surface area contributed by atoms with E-state index in [2.05, 4.69) is 15.9 Å². The Kier molecular flexibility index (Phi) is 5.08. The number of likely N-dealkylation sites (N-methyl/N-ethyl adjacent to an activating group) is 1. The number of ether oxygens (including phenoxy) is 1. The van der Waals surface area contributed by atoms with Gasteiger partial charge in [-0.25, -0.2) is 4.39 Å². The molecule has 0 radical (unpaired) electrons. The van der Waals surface area contributed by atoms with Gasteiger partial charge in [0.25, 0.3) is 5.91 Å². The lowest BCUT2D eigenvalue weighted by molar-refractivity contribution is 0.0632. The molecule has 0 heterocycles. The van der Waals surface area contributed by atoms with Gasteiger partial charge in [0.05, 0.1) is 18.2 Å². The molecular formula is C12H15BrFNO2. The number of halogens is 2. The zero-order chi connectivity index (χ0) is 13.0. The van der Waals surface area contributed by atoms with E-state index in [1.54, 1.807) is 19.1 Å². The fourth-order valence-corrected chi connectivity index (χ4v) is 1.93. The molecule has 0 aliphatic heterocycles. The molecule has 1 aromatic carbocycles. The van der Waals surface area contributed by atoms with Gasteiger partial charge >= 0.3 is 0 Å². The van der Waals surface area contributed by atoms with E-state index in [-0.39, 0.29) is 17.8 Å². The van der Waals surface area contributed by atoms with E-state index < -0.39 is 0 Å². The number of hydrogen-bond acceptors (Lipinski definition) is 2. The number of amides is 1. The predicted molar refractivity (Wildman–Crippen MR) is 67.5 cm³/mol. The second-order valence-corrected chi connectivity index (χ2v) is 4.70. The molecule has 17 heavy (non-hydrogen) atoms. The topological polar surface area (TPSA) is 29.5 Å². The number of carbonyl (C=O) groups excluding carboxylic acids is 1. The van der Waals surface area contributed by atoms with E-state index in [0.29, 0.717) is 16.6 Å². The lowest BCUT2D eigenvalue weighted by Crippen LogP contribution is -2.37. The van der Waals surface area contributed by atoms with Crippen LogP contribution in [0.4, 0.5) is 4.39 Å². The van der Waals surface area contributed by atoms with E-state index in [9.17, 15) is 9.18 Å². The molecular weight excluding hydrogens is 289 g/mol. The van der Waals surface area contributed by atoms with Crippen molar-refractivity contribution in [2.45, 2.75) is 13.0 Å². The van der Waals surface area contributed by atoms with Crippen molar-refractivity contribution in [3.8, 4) is 0 Å². The Morgan fingerprint density at radius 3 is 2.76 bits per heavy atom. The maximum atomic E-state index is 12.9. The SMILES string of the molecule is COCC(C)N(C)C(=O)c1ccc(F)cc1Br. The molecule has 5 heteroatoms. The van der Waals surface area contributed by atoms with Crippen molar-refractivity contribution < 1.29 is 13.9 Å². The van der Waals surface area contributed by atoms with E-state index in [1.165, 1.54) is 18.2 Å². The van der Waals surface area contributed by atoms with Gasteiger partial charge in [-0.15, -0.1) is 0 Å². The van der Waals surface area contributed by atoms with Gasteiger partial charge in [0.15, 0.2) is 0 Å². The number of carbonyl (C=O) groups is 1. The average Bonchev–Trinajstić information content (AvgIpc) is 2.27. The maximum absolute atomic E-state index is 12.9. The standard InChI is InChI=1S/C12H15BrFNO2/c1-8(7-17-3)15(2)12(16)10-5-4-9(14)6-11(10)13/h4-6,8H,7H2,1-3H3. The van der Waals surface area contributed by atoms with Gasteiger partial charge < -0.3 is 9.64 Å². The first-order chi connectivity index (χ1) is 7.97. The van der Waals surface area contributed by atoms with Crippen LogP contribution in [0.3, 0.4) is 0 Å². The monoisotopic (exact) mass is 303 g/mol. The lowest BCUT2D eigenvalue weighted by Gasteiger charge is -2.24. The molecule has 1 atom stereocenters. The van der Waals surface area contributed by atoms with Crippen molar-refractivity contribution in [1.82, 2.24) is 4.90 Å². The van der Waals surface area contributed by atoms with Crippen LogP contribution in [0.2, 0.25) is 0 Å². The smallest absolute Gasteiger partial charge is 0.255 e. The molecule has 0 aromatic heterocycles. The molecule has 0 aliphatic carbocycles. The van der Waals surface area contributed by atoms with Crippen molar-refractivity contribution >= 4 is 21.8 Å². The van der Waals surface area contributed by atoms with E-state index >= 15 is 0 Å². The molecule has 94 valence electrons. The molecule has 1 unspecified atom stereocenters. The van der Waals surface area contributed by atoms with Crippen molar-refractivity contribution in [2.24, 2.45) is 0 Å². The minimum atomic E-state index is -0.374. The Labute approximate surface area is 109 Å². The fourth-order valence-electron chi connectivity index (χ4n) is 1.41. The summed E-state index contributed by atoms with van der Waals surface area (Å²) in [6.07, 6.45) is 0. The molecule has 0 N–H and O–H groups in total. The Balaban J connectivity index is 2.88. The first-order valence-electron chi connectivity index (χ1n) is 5.18. The Morgan fingerprint density at radius 1 is 1.59 bits per heavy atom. The summed E-state index contributed by atoms with van der Waals surface area (Å²) in [5.74, 6) is -0.539. The Morgan fingerprint density at radius 2 is 2.24 bits per heavy atom. The summed E-state index contributed by atoms with van der Waals surface area (Å²) >= 11 is 3.19. The summed E-state index contributed by atoms with van der Waals surface area (Å²) < 4.78 is 18.4. The number of nitrogens with zero attached hydrogens (tertiary/aromatic N) is 1. The highest BCUT2D eigenvalue weighted by molar-refractivity contribution is 9.10. The highest BCUT2D eigenvalue weighted by atomic mass is 79.9. The number of benzene rings is 1. The van der Waals surface area contributed by atoms with E-state index in [0.717, 1.165) is 0 Å². The van der Waals surface area contributed by atoms with Crippen molar-refractivity contribution in [3.05, 3.63) is 34.1 Å². The van der Waals surface area contributed by atoms with E-state index in [1.807, 2.05) is 6.92 Å². The van der Waals surface area contributed by atoms with Crippen LogP contribution >= 0.6 is 15.9 Å². The van der Waals surface area contributed by atoms with Crippen LogP contribution in [0.15, 0.2) is 22.7 Å². The van der Waals surface area contributed by atoms with E-state index in [4.69, 9.17) is 4.74 Å². The molecule has 0 saturated heterocycles. The first-order valence-corrected chi connectivity index (χ1v) is 5.97. The first kappa shape index (κ1) is 14.1. The van der Waals surface area contributed by atoms with Crippen LogP contribution in [0.5, 0.6) is 0 Å². The van der Waals surface area contributed by atoms with Crippen LogP contribution in [0, 0.1) is 5.82 Å². The van der Waals surface area contributed by atoms with Crippen molar-refractivity contribution in [2.75, 3.05) is 20.8 Å². The van der Waals surface area contributed by atoms with Gasteiger partial charge in [0, 0.05) is 18.6 Å². The quantitative estimate of drug-likeness (QED) is 0.856. The molecule has 1 aromatic rings. The molecule has 0 spiro atoms. The molecule has 1 amide bonds. The summed E-state index contributed by atoms with van der Waals surface area (Å²) in [4.78, 5) is 13.7. The molecule has 0 fully saturated rings. The number of hydrogen-bond donors (Lipinski definition) is 0. The summed E-state index contributed by atoms with van der Waals surface area (Å²) in [6, 6.07) is 3.98. The van der Waals surface area contributed by atoms with Gasteiger partial charge in [0.2, 0.25) is 0 Å². The van der Waals surface area contributed by atoms with Gasteiger partial charge in [-0.2, -0.15) is 0 Å². The van der Waals surface area contributed by atoms with Crippen LogP contribution in [0.25, 0.3) is 0 Å². The largest absolute Gasteiger partial charge is 0.383 e. The zero-order valence-electron chi connectivity index (χ0n) is 10.0. The van der Waals surface area contributed by atoms with Gasteiger partial charge in [-0.05, 0) is 41.1 Å². The fraction of sp³-hybridized carbons (Fsp3) is 0.417. The third kappa shape index (κ3) is 3.51. The van der Waals surface area contributed by atoms with Crippen LogP contribution in [0.1, 0.15) is 17.3 Å². The Hall–Kier alpha value is -0.940. The average molecular weight is 304 g/mol. The van der Waals surface area contributed by atoms with Crippen LogP contribution in [-0.2, 0) is 4.74 Å². The van der Waals surface area contributed by atoms with Crippen LogP contribution < -0.4 is 0 Å². The predicted octanol–water partition coefficient (Wildman–Crippen LogP) is 2.70. The normalized spacial score (nSPS) is 12.3. The second kappa shape index (κ2) is 6.12. The summed E-state index contributed by atoms with van der Waals surface area (Å²) in [5, 5.41) is 0. The van der Waals surface area contributed by atoms with Gasteiger partial charge in [-0.3, -0.25) is 4.79 Å².